The second-order valence-corrected chi connectivity index (χ2v) is 9.21. The Bertz CT molecular complexity index is 1060. The van der Waals surface area contributed by atoms with E-state index in [2.05, 4.69) is 35.2 Å². The van der Waals surface area contributed by atoms with Crippen molar-refractivity contribution in [2.75, 3.05) is 18.5 Å². The van der Waals surface area contributed by atoms with Crippen molar-refractivity contribution in [3.8, 4) is 6.07 Å². The molecule has 0 atom stereocenters. The highest BCUT2D eigenvalue weighted by Crippen LogP contribution is 2.42. The van der Waals surface area contributed by atoms with Crippen molar-refractivity contribution in [2.24, 2.45) is 5.41 Å². The highest BCUT2D eigenvalue weighted by Gasteiger charge is 2.33. The first-order chi connectivity index (χ1) is 14.8. The van der Waals surface area contributed by atoms with Gasteiger partial charge in [-0.2, -0.15) is 5.26 Å². The van der Waals surface area contributed by atoms with Gasteiger partial charge in [0, 0.05) is 37.3 Å². The molecule has 162 valence electrons. The van der Waals surface area contributed by atoms with E-state index in [1.54, 1.807) is 0 Å². The maximum atomic E-state index is 12.7. The molecule has 0 bridgehead atoms. The number of ether oxygens (including phenoxy) is 1. The number of anilines is 1. The molecule has 7 nitrogen and oxygen atoms in total. The number of amides is 1. The predicted octanol–water partition coefficient (Wildman–Crippen LogP) is 4.13. The SMILES string of the molecule is CC1(C)CC=C(c2cc(C3(O)CCOCC3)ccc2NC(=O)c2ncc(C#N)[nH]2)CC1. The number of imidazole rings is 1. The molecule has 0 saturated carbocycles. The second kappa shape index (κ2) is 8.29. The Hall–Kier alpha value is -2.95. The van der Waals surface area contributed by atoms with Crippen LogP contribution in [-0.4, -0.2) is 34.2 Å². The zero-order valence-corrected chi connectivity index (χ0v) is 18.0. The number of hydrogen-bond acceptors (Lipinski definition) is 5. The van der Waals surface area contributed by atoms with Crippen molar-refractivity contribution in [1.29, 1.82) is 5.26 Å². The third-order valence-electron chi connectivity index (χ3n) is 6.35. The van der Waals surface area contributed by atoms with Crippen molar-refractivity contribution in [2.45, 2.75) is 51.6 Å². The predicted molar refractivity (Wildman–Crippen MR) is 117 cm³/mol. The third kappa shape index (κ3) is 4.55. The lowest BCUT2D eigenvalue weighted by Gasteiger charge is -2.34. The quantitative estimate of drug-likeness (QED) is 0.689. The summed E-state index contributed by atoms with van der Waals surface area (Å²) in [7, 11) is 0. The minimum absolute atomic E-state index is 0.0911. The molecule has 2 heterocycles. The fourth-order valence-electron chi connectivity index (χ4n) is 4.20. The van der Waals surface area contributed by atoms with E-state index in [0.717, 1.165) is 30.4 Å². The summed E-state index contributed by atoms with van der Waals surface area (Å²) >= 11 is 0. The van der Waals surface area contributed by atoms with Crippen molar-refractivity contribution in [3.63, 3.8) is 0 Å². The molecule has 0 radical (unpaired) electrons. The Balaban J connectivity index is 1.69. The summed E-state index contributed by atoms with van der Waals surface area (Å²) in [6.07, 6.45) is 7.60. The topological polar surface area (TPSA) is 111 Å². The van der Waals surface area contributed by atoms with Crippen molar-refractivity contribution in [3.05, 3.63) is 53.1 Å². The molecule has 2 aliphatic rings. The second-order valence-electron chi connectivity index (χ2n) is 9.21. The number of nitrogens with zero attached hydrogens (tertiary/aromatic N) is 2. The molecule has 1 amide bonds. The minimum atomic E-state index is -0.924. The molecular weight excluding hydrogens is 392 g/mol. The van der Waals surface area contributed by atoms with Crippen LogP contribution in [0.3, 0.4) is 0 Å². The van der Waals surface area contributed by atoms with Crippen LogP contribution in [0.15, 0.2) is 30.5 Å². The van der Waals surface area contributed by atoms with Gasteiger partial charge in [-0.1, -0.05) is 26.0 Å². The van der Waals surface area contributed by atoms with E-state index >= 15 is 0 Å². The normalized spacial score (nSPS) is 19.9. The summed E-state index contributed by atoms with van der Waals surface area (Å²) in [4.78, 5) is 19.4. The maximum Gasteiger partial charge on any atom is 0.291 e. The molecule has 3 N–H and O–H groups in total. The highest BCUT2D eigenvalue weighted by atomic mass is 16.5. The van der Waals surface area contributed by atoms with Gasteiger partial charge in [-0.15, -0.1) is 0 Å². The van der Waals surface area contributed by atoms with Gasteiger partial charge in [-0.05, 0) is 47.9 Å². The molecule has 1 aromatic heterocycles. The number of allylic oxidation sites excluding steroid dienone is 2. The molecule has 1 aliphatic heterocycles. The Labute approximate surface area is 182 Å². The Morgan fingerprint density at radius 2 is 2.06 bits per heavy atom. The summed E-state index contributed by atoms with van der Waals surface area (Å²) in [6, 6.07) is 7.68. The zero-order valence-electron chi connectivity index (χ0n) is 18.0. The van der Waals surface area contributed by atoms with Gasteiger partial charge in [-0.25, -0.2) is 4.98 Å². The molecule has 4 rings (SSSR count). The first-order valence-electron chi connectivity index (χ1n) is 10.7. The minimum Gasteiger partial charge on any atom is -0.385 e. The van der Waals surface area contributed by atoms with E-state index in [9.17, 15) is 9.90 Å². The summed E-state index contributed by atoms with van der Waals surface area (Å²) in [5.74, 6) is -0.314. The lowest BCUT2D eigenvalue weighted by atomic mass is 9.76. The van der Waals surface area contributed by atoms with Gasteiger partial charge in [0.15, 0.2) is 5.82 Å². The summed E-state index contributed by atoms with van der Waals surface area (Å²) < 4.78 is 5.43. The molecule has 1 saturated heterocycles. The standard InChI is InChI=1S/C24H28N4O3/c1-23(2)7-5-16(6-8-23)19-13-17(24(30)9-11-31-12-10-24)3-4-20(19)28-22(29)21-26-15-18(14-25)27-21/h3-5,13,15,30H,6-12H2,1-2H3,(H,26,27)(H,28,29). The molecule has 1 aromatic carbocycles. The largest absolute Gasteiger partial charge is 0.385 e. The number of H-pyrrole nitrogens is 1. The molecule has 31 heavy (non-hydrogen) atoms. The fourth-order valence-corrected chi connectivity index (χ4v) is 4.20. The van der Waals surface area contributed by atoms with Crippen LogP contribution in [0.25, 0.3) is 5.57 Å². The van der Waals surface area contributed by atoms with Crippen LogP contribution in [0.5, 0.6) is 0 Å². The van der Waals surface area contributed by atoms with Crippen molar-refractivity contribution < 1.29 is 14.6 Å². The van der Waals surface area contributed by atoms with Gasteiger partial charge < -0.3 is 20.1 Å². The van der Waals surface area contributed by atoms with Crippen molar-refractivity contribution >= 4 is 17.2 Å². The van der Waals surface area contributed by atoms with E-state index in [1.807, 2.05) is 24.3 Å². The molecule has 2 aromatic rings. The number of nitriles is 1. The van der Waals surface area contributed by atoms with Crippen LogP contribution in [0.2, 0.25) is 0 Å². The number of carbonyl (C=O) groups is 1. The number of nitrogens with one attached hydrogen (secondary N) is 2. The molecular formula is C24H28N4O3. The van der Waals surface area contributed by atoms with Gasteiger partial charge in [-0.3, -0.25) is 4.79 Å². The number of aromatic nitrogens is 2. The lowest BCUT2D eigenvalue weighted by molar-refractivity contribution is -0.0679. The average Bonchev–Trinajstić information content (AvgIpc) is 3.24. The Morgan fingerprint density at radius 3 is 2.71 bits per heavy atom. The number of hydrogen-bond donors (Lipinski definition) is 3. The van der Waals surface area contributed by atoms with E-state index in [1.165, 1.54) is 11.8 Å². The number of aromatic amines is 1. The van der Waals surface area contributed by atoms with Gasteiger partial charge in [0.2, 0.25) is 0 Å². The molecule has 0 unspecified atom stereocenters. The van der Waals surface area contributed by atoms with Crippen LogP contribution in [0.1, 0.15) is 73.4 Å². The molecule has 1 aliphatic carbocycles. The third-order valence-corrected chi connectivity index (χ3v) is 6.35. The van der Waals surface area contributed by atoms with Crippen LogP contribution in [0.4, 0.5) is 5.69 Å². The van der Waals surface area contributed by atoms with Crippen molar-refractivity contribution in [1.82, 2.24) is 9.97 Å². The van der Waals surface area contributed by atoms with E-state index in [4.69, 9.17) is 10.00 Å². The lowest BCUT2D eigenvalue weighted by Crippen LogP contribution is -2.33. The van der Waals surface area contributed by atoms with Gasteiger partial charge in [0.05, 0.1) is 11.8 Å². The summed E-state index contributed by atoms with van der Waals surface area (Å²) in [5.41, 5.74) is 3.18. The number of aliphatic hydroxyl groups is 1. The summed E-state index contributed by atoms with van der Waals surface area (Å²) in [6.45, 7) is 5.57. The Morgan fingerprint density at radius 1 is 1.29 bits per heavy atom. The van der Waals surface area contributed by atoms with Crippen LogP contribution in [0, 0.1) is 16.7 Å². The molecule has 0 spiro atoms. The zero-order chi connectivity index (χ0) is 22.1. The monoisotopic (exact) mass is 420 g/mol. The number of rotatable bonds is 4. The number of benzene rings is 1. The van der Waals surface area contributed by atoms with E-state index in [0.29, 0.717) is 31.7 Å². The fraction of sp³-hybridized carbons (Fsp3) is 0.458. The first kappa shape index (κ1) is 21.3. The number of carbonyl (C=O) groups excluding carboxylic acids is 1. The van der Waals surface area contributed by atoms with Gasteiger partial charge in [0.25, 0.3) is 5.91 Å². The van der Waals surface area contributed by atoms with Gasteiger partial charge in [0.1, 0.15) is 11.8 Å². The van der Waals surface area contributed by atoms with E-state index in [-0.39, 0.29) is 16.9 Å². The van der Waals surface area contributed by atoms with E-state index < -0.39 is 11.5 Å². The Kier molecular flexibility index (Phi) is 5.69. The maximum absolute atomic E-state index is 12.7. The van der Waals surface area contributed by atoms with Crippen LogP contribution in [-0.2, 0) is 10.3 Å². The highest BCUT2D eigenvalue weighted by molar-refractivity contribution is 6.03. The van der Waals surface area contributed by atoms with Gasteiger partial charge >= 0.3 is 0 Å². The summed E-state index contributed by atoms with van der Waals surface area (Å²) in [5, 5.41) is 23.1. The molecule has 1 fully saturated rings. The van der Waals surface area contributed by atoms with Crippen LogP contribution < -0.4 is 5.32 Å². The molecule has 7 heteroatoms. The first-order valence-corrected chi connectivity index (χ1v) is 10.7. The smallest absolute Gasteiger partial charge is 0.291 e. The average molecular weight is 421 g/mol. The van der Waals surface area contributed by atoms with Crippen LogP contribution >= 0.6 is 0 Å².